The largest absolute Gasteiger partial charge is 0.378 e. The molecule has 1 N–H and O–H groups in total. The maximum atomic E-state index is 12.3. The van der Waals surface area contributed by atoms with Crippen molar-refractivity contribution in [3.05, 3.63) is 39.6 Å². The average Bonchev–Trinajstić information content (AvgIpc) is 2.90. The summed E-state index contributed by atoms with van der Waals surface area (Å²) in [6.07, 6.45) is 2.12. The van der Waals surface area contributed by atoms with Crippen LogP contribution in [0.5, 0.6) is 0 Å². The van der Waals surface area contributed by atoms with Crippen molar-refractivity contribution in [2.24, 2.45) is 0 Å². The van der Waals surface area contributed by atoms with E-state index in [4.69, 9.17) is 4.74 Å². The van der Waals surface area contributed by atoms with Gasteiger partial charge in [-0.1, -0.05) is 13.0 Å². The summed E-state index contributed by atoms with van der Waals surface area (Å²) in [5.74, 6) is -0.420. The van der Waals surface area contributed by atoms with Crippen molar-refractivity contribution in [2.75, 3.05) is 37.7 Å². The Kier molecular flexibility index (Phi) is 5.17. The Morgan fingerprint density at radius 3 is 2.69 bits per heavy atom. The number of urea groups is 1. The number of rotatable bonds is 5. The number of nitro benzene ring substituents is 1. The van der Waals surface area contributed by atoms with Crippen LogP contribution < -0.4 is 10.2 Å². The zero-order valence-corrected chi connectivity index (χ0v) is 14.4. The summed E-state index contributed by atoms with van der Waals surface area (Å²) in [6, 6.07) is 4.32. The van der Waals surface area contributed by atoms with Gasteiger partial charge in [0.15, 0.2) is 0 Å². The van der Waals surface area contributed by atoms with Crippen LogP contribution in [0.1, 0.15) is 18.9 Å². The second-order valence-electron chi connectivity index (χ2n) is 6.05. The highest BCUT2D eigenvalue weighted by Crippen LogP contribution is 2.30. The number of carbonyl (C=O) groups is 2. The van der Waals surface area contributed by atoms with Gasteiger partial charge in [-0.15, -0.1) is 0 Å². The zero-order chi connectivity index (χ0) is 18.7. The first-order chi connectivity index (χ1) is 12.5. The van der Waals surface area contributed by atoms with Gasteiger partial charge in [-0.2, -0.15) is 0 Å². The Hall–Kier alpha value is -2.94. The van der Waals surface area contributed by atoms with Crippen molar-refractivity contribution >= 4 is 29.4 Å². The lowest BCUT2D eigenvalue weighted by Gasteiger charge is -2.28. The molecule has 0 radical (unpaired) electrons. The molecule has 0 spiro atoms. The zero-order valence-electron chi connectivity index (χ0n) is 14.4. The molecule has 9 nitrogen and oxygen atoms in total. The van der Waals surface area contributed by atoms with Crippen LogP contribution in [-0.4, -0.2) is 54.6 Å². The van der Waals surface area contributed by atoms with Gasteiger partial charge in [0.1, 0.15) is 11.4 Å². The van der Waals surface area contributed by atoms with Crippen LogP contribution in [0.2, 0.25) is 0 Å². The summed E-state index contributed by atoms with van der Waals surface area (Å²) in [5.41, 5.74) is 1.09. The third-order valence-electron chi connectivity index (χ3n) is 4.27. The molecular formula is C17H20N4O5. The summed E-state index contributed by atoms with van der Waals surface area (Å²) in [7, 11) is 0. The van der Waals surface area contributed by atoms with Gasteiger partial charge in [-0.3, -0.25) is 19.8 Å². The number of morpholine rings is 1. The molecule has 3 rings (SSSR count). The molecule has 0 saturated carbocycles. The number of ether oxygens (including phenoxy) is 1. The van der Waals surface area contributed by atoms with Gasteiger partial charge < -0.3 is 15.0 Å². The second-order valence-corrected chi connectivity index (χ2v) is 6.05. The minimum Gasteiger partial charge on any atom is -0.378 e. The fraction of sp³-hybridized carbons (Fsp3) is 0.412. The van der Waals surface area contributed by atoms with Gasteiger partial charge >= 0.3 is 6.03 Å². The van der Waals surface area contributed by atoms with E-state index in [-0.39, 0.29) is 11.4 Å². The Morgan fingerprint density at radius 2 is 2.04 bits per heavy atom. The molecule has 2 aliphatic heterocycles. The maximum absolute atomic E-state index is 12.3. The number of imide groups is 1. The Balaban J connectivity index is 1.89. The third-order valence-corrected chi connectivity index (χ3v) is 4.27. The van der Waals surface area contributed by atoms with Crippen LogP contribution in [0.15, 0.2) is 23.9 Å². The van der Waals surface area contributed by atoms with Crippen molar-refractivity contribution in [3.8, 4) is 0 Å². The first-order valence-corrected chi connectivity index (χ1v) is 8.47. The molecule has 1 aromatic carbocycles. The molecule has 0 aliphatic carbocycles. The van der Waals surface area contributed by atoms with E-state index in [1.807, 2.05) is 11.8 Å². The number of benzene rings is 1. The Bertz CT molecular complexity index is 770. The van der Waals surface area contributed by atoms with E-state index in [0.717, 1.165) is 4.90 Å². The fourth-order valence-corrected chi connectivity index (χ4v) is 3.01. The van der Waals surface area contributed by atoms with E-state index in [9.17, 15) is 19.7 Å². The summed E-state index contributed by atoms with van der Waals surface area (Å²) in [6.45, 7) is 4.42. The van der Waals surface area contributed by atoms with Gasteiger partial charge in [-0.25, -0.2) is 4.79 Å². The van der Waals surface area contributed by atoms with Gasteiger partial charge in [0.2, 0.25) is 0 Å². The molecule has 0 bridgehead atoms. The smallest absolute Gasteiger partial charge is 0.329 e. The Morgan fingerprint density at radius 1 is 1.31 bits per heavy atom. The van der Waals surface area contributed by atoms with Crippen LogP contribution in [-0.2, 0) is 9.53 Å². The van der Waals surface area contributed by atoms with Crippen LogP contribution in [0, 0.1) is 10.1 Å². The lowest BCUT2D eigenvalue weighted by molar-refractivity contribution is -0.384. The van der Waals surface area contributed by atoms with Crippen LogP contribution >= 0.6 is 0 Å². The monoisotopic (exact) mass is 360 g/mol. The molecule has 2 saturated heterocycles. The van der Waals surface area contributed by atoms with E-state index in [2.05, 4.69) is 5.32 Å². The van der Waals surface area contributed by atoms with E-state index in [1.54, 1.807) is 12.1 Å². The lowest BCUT2D eigenvalue weighted by Crippen LogP contribution is -2.36. The highest BCUT2D eigenvalue weighted by atomic mass is 16.6. The van der Waals surface area contributed by atoms with Crippen molar-refractivity contribution in [1.29, 1.82) is 0 Å². The maximum Gasteiger partial charge on any atom is 0.329 e. The minimum absolute atomic E-state index is 0.0385. The third kappa shape index (κ3) is 3.52. The topological polar surface area (TPSA) is 105 Å². The fourth-order valence-electron chi connectivity index (χ4n) is 3.01. The first-order valence-electron chi connectivity index (χ1n) is 8.47. The molecule has 2 fully saturated rings. The van der Waals surface area contributed by atoms with Crippen LogP contribution in [0.4, 0.5) is 16.2 Å². The molecular weight excluding hydrogens is 340 g/mol. The van der Waals surface area contributed by atoms with Crippen molar-refractivity contribution in [2.45, 2.75) is 13.3 Å². The second kappa shape index (κ2) is 7.52. The van der Waals surface area contributed by atoms with Gasteiger partial charge in [-0.05, 0) is 24.1 Å². The predicted molar refractivity (Wildman–Crippen MR) is 94.6 cm³/mol. The SMILES string of the molecule is CCCN1C(=O)N/C(=C/c2ccc(N3CCOCC3)c([N+](=O)[O-])c2)C1=O. The highest BCUT2D eigenvalue weighted by Gasteiger charge is 2.32. The highest BCUT2D eigenvalue weighted by molar-refractivity contribution is 6.14. The van der Waals surface area contributed by atoms with Gasteiger partial charge in [0.25, 0.3) is 11.6 Å². The number of nitro groups is 1. The number of carbonyl (C=O) groups excluding carboxylic acids is 2. The van der Waals surface area contributed by atoms with Gasteiger partial charge in [0, 0.05) is 25.7 Å². The quantitative estimate of drug-likeness (QED) is 0.371. The van der Waals surface area contributed by atoms with E-state index in [1.165, 1.54) is 12.1 Å². The van der Waals surface area contributed by atoms with Crippen molar-refractivity contribution in [3.63, 3.8) is 0 Å². The molecule has 3 amide bonds. The first kappa shape index (κ1) is 17.9. The summed E-state index contributed by atoms with van der Waals surface area (Å²) < 4.78 is 5.28. The molecule has 0 atom stereocenters. The van der Waals surface area contributed by atoms with E-state index >= 15 is 0 Å². The number of nitrogens with zero attached hydrogens (tertiary/aromatic N) is 3. The molecule has 1 aromatic rings. The number of amides is 3. The van der Waals surface area contributed by atoms with E-state index < -0.39 is 16.9 Å². The van der Waals surface area contributed by atoms with Gasteiger partial charge in [0.05, 0.1) is 18.1 Å². The van der Waals surface area contributed by atoms with Crippen molar-refractivity contribution in [1.82, 2.24) is 10.2 Å². The summed E-state index contributed by atoms with van der Waals surface area (Å²) >= 11 is 0. The number of nitrogens with one attached hydrogen (secondary N) is 1. The molecule has 2 aliphatic rings. The normalized spacial score (nSPS) is 19.2. The van der Waals surface area contributed by atoms with Crippen LogP contribution in [0.3, 0.4) is 0 Å². The molecule has 0 unspecified atom stereocenters. The summed E-state index contributed by atoms with van der Waals surface area (Å²) in [5, 5.41) is 14.0. The average molecular weight is 360 g/mol. The van der Waals surface area contributed by atoms with Crippen molar-refractivity contribution < 1.29 is 19.2 Å². The molecule has 0 aromatic heterocycles. The molecule has 9 heteroatoms. The molecule has 2 heterocycles. The van der Waals surface area contributed by atoms with Crippen LogP contribution in [0.25, 0.3) is 6.08 Å². The standard InChI is InChI=1S/C17H20N4O5/c1-2-5-20-16(22)13(18-17(20)23)10-12-3-4-14(15(11-12)21(24)25)19-6-8-26-9-7-19/h3-4,10-11H,2,5-9H2,1H3,(H,18,23)/b13-10+. The number of anilines is 1. The predicted octanol–water partition coefficient (Wildman–Crippen LogP) is 1.73. The van der Waals surface area contributed by atoms with E-state index in [0.29, 0.717) is 50.5 Å². The number of hydrogen-bond acceptors (Lipinski definition) is 6. The molecule has 26 heavy (non-hydrogen) atoms. The summed E-state index contributed by atoms with van der Waals surface area (Å²) in [4.78, 5) is 38.2. The number of hydrogen-bond donors (Lipinski definition) is 1. The lowest BCUT2D eigenvalue weighted by atomic mass is 10.1. The minimum atomic E-state index is -0.470. The Labute approximate surface area is 150 Å². The molecule has 138 valence electrons.